The molecule has 3 nitrogen and oxygen atoms in total. The first-order valence-corrected chi connectivity index (χ1v) is 17.0. The Morgan fingerprint density at radius 2 is 1.02 bits per heavy atom. The van der Waals surface area contributed by atoms with Gasteiger partial charge in [0.05, 0.1) is 18.4 Å². The van der Waals surface area contributed by atoms with Crippen LogP contribution in [0.4, 0.5) is 0 Å². The van der Waals surface area contributed by atoms with Crippen LogP contribution in [0.3, 0.4) is 0 Å². The number of ether oxygens (including phenoxy) is 1. The van der Waals surface area contributed by atoms with Gasteiger partial charge in [-0.05, 0) is 42.0 Å². The summed E-state index contributed by atoms with van der Waals surface area (Å²) in [5, 5.41) is 13.4. The predicted molar refractivity (Wildman–Crippen MR) is 183 cm³/mol. The van der Waals surface area contributed by atoms with Gasteiger partial charge in [-0.1, -0.05) is 165 Å². The van der Waals surface area contributed by atoms with Crippen molar-refractivity contribution < 1.29 is 14.4 Å². The lowest BCUT2D eigenvalue weighted by Gasteiger charge is -2.40. The second-order valence-electron chi connectivity index (χ2n) is 11.4. The third kappa shape index (κ3) is 6.14. The number of hydrogen-bond acceptors (Lipinski definition) is 3. The van der Waals surface area contributed by atoms with Crippen LogP contribution in [-0.4, -0.2) is 23.5 Å². The fourth-order valence-corrected chi connectivity index (χ4v) is 9.88. The van der Waals surface area contributed by atoms with E-state index in [1.165, 1.54) is 0 Å². The third-order valence-electron chi connectivity index (χ3n) is 8.63. The van der Waals surface area contributed by atoms with Gasteiger partial charge in [-0.3, -0.25) is 0 Å². The molecule has 0 radical (unpaired) electrons. The Kier molecular flexibility index (Phi) is 10.1. The maximum Gasteiger partial charge on any atom is 0.149 e. The minimum absolute atomic E-state index is 0.251. The van der Waals surface area contributed by atoms with E-state index in [4.69, 9.17) is 4.74 Å². The Labute approximate surface area is 262 Å². The van der Waals surface area contributed by atoms with Gasteiger partial charge in [-0.25, -0.2) is 0 Å². The first-order chi connectivity index (χ1) is 21.4. The highest BCUT2D eigenvalue weighted by Gasteiger charge is 2.46. The second-order valence-corrected chi connectivity index (χ2v) is 14.3. The van der Waals surface area contributed by atoms with E-state index in [9.17, 15) is 5.11 Å². The molecule has 224 valence electrons. The van der Waals surface area contributed by atoms with Gasteiger partial charge < -0.3 is 14.4 Å². The zero-order chi connectivity index (χ0) is 31.0. The number of aliphatic hydroxyl groups is 1. The summed E-state index contributed by atoms with van der Waals surface area (Å²) in [7, 11) is -3.38. The highest BCUT2D eigenvalue weighted by Crippen LogP contribution is 2.54. The Hall–Kier alpha value is -4.01. The van der Waals surface area contributed by atoms with Crippen molar-refractivity contribution in [2.75, 3.05) is 6.61 Å². The van der Waals surface area contributed by atoms with Crippen LogP contribution in [0.15, 0.2) is 163 Å². The molecule has 0 aliphatic heterocycles. The molecule has 3 unspecified atom stereocenters. The summed E-state index contributed by atoms with van der Waals surface area (Å²) in [4.78, 5) is 0. The lowest BCUT2D eigenvalue weighted by atomic mass is 9.80. The van der Waals surface area contributed by atoms with Gasteiger partial charge in [0.25, 0.3) is 0 Å². The van der Waals surface area contributed by atoms with E-state index in [1.807, 2.05) is 135 Å². The summed E-state index contributed by atoms with van der Waals surface area (Å²) in [5.74, 6) is -0.304. The minimum Gasteiger partial charge on any atom is -0.388 e. The summed E-state index contributed by atoms with van der Waals surface area (Å²) in [6.45, 7) is 6.13. The molecule has 0 aliphatic carbocycles. The van der Waals surface area contributed by atoms with E-state index in [-0.39, 0.29) is 12.5 Å². The highest BCUT2D eigenvalue weighted by atomic mass is 31.2. The molecule has 5 aromatic rings. The van der Waals surface area contributed by atoms with Crippen LogP contribution in [0.1, 0.15) is 37.5 Å². The Morgan fingerprint density at radius 1 is 0.682 bits per heavy atom. The van der Waals surface area contributed by atoms with Crippen molar-refractivity contribution in [3.8, 4) is 0 Å². The fraction of sp³-hybridized carbons (Fsp3) is 0.200. The van der Waals surface area contributed by atoms with Gasteiger partial charge in [-0.15, -0.1) is 0 Å². The van der Waals surface area contributed by atoms with E-state index in [0.29, 0.717) is 0 Å². The molecule has 0 heterocycles. The van der Waals surface area contributed by atoms with Gasteiger partial charge in [0.15, 0.2) is 0 Å². The van der Waals surface area contributed by atoms with Gasteiger partial charge >= 0.3 is 0 Å². The Morgan fingerprint density at radius 3 is 1.36 bits per heavy atom. The van der Waals surface area contributed by atoms with E-state index < -0.39 is 24.5 Å². The Balaban J connectivity index is 1.66. The van der Waals surface area contributed by atoms with Gasteiger partial charge in [0, 0.05) is 10.6 Å². The van der Waals surface area contributed by atoms with Crippen LogP contribution < -0.4 is 10.6 Å². The molecule has 0 fully saturated rings. The van der Waals surface area contributed by atoms with Crippen molar-refractivity contribution in [2.24, 2.45) is 5.92 Å². The van der Waals surface area contributed by atoms with E-state index in [2.05, 4.69) is 43.3 Å². The van der Waals surface area contributed by atoms with Crippen LogP contribution in [0.2, 0.25) is 0 Å². The molecule has 1 N–H and O–H groups in total. The highest BCUT2D eigenvalue weighted by molar-refractivity contribution is 7.79. The quantitative estimate of drug-likeness (QED) is 0.0890. The van der Waals surface area contributed by atoms with Crippen molar-refractivity contribution in [3.05, 3.63) is 180 Å². The van der Waals surface area contributed by atoms with E-state index in [1.54, 1.807) is 0 Å². The number of benzene rings is 5. The zero-order valence-electron chi connectivity index (χ0n) is 25.7. The Bertz CT molecular complexity index is 1530. The molecule has 0 aliphatic rings. The van der Waals surface area contributed by atoms with E-state index in [0.717, 1.165) is 32.9 Å². The van der Waals surface area contributed by atoms with Crippen LogP contribution in [0, 0.1) is 5.92 Å². The van der Waals surface area contributed by atoms with Crippen LogP contribution >= 0.6 is 7.14 Å². The number of hydrogen-bond donors (Lipinski definition) is 1. The van der Waals surface area contributed by atoms with Crippen LogP contribution in [0.5, 0.6) is 0 Å². The SMILES string of the molecule is C/C=C(\C)C(O)C(C(C)COC(c1ccccc1)(c1ccccc1)c1ccccc1)P(=O)(c1ccccc1)c1ccccc1. The molecule has 5 rings (SSSR count). The molecule has 0 saturated carbocycles. The molecular formula is C40H41O3P. The first kappa shape index (κ1) is 31.4. The maximum absolute atomic E-state index is 15.7. The summed E-state index contributed by atoms with van der Waals surface area (Å²) in [6.07, 6.45) is 0.970. The lowest BCUT2D eigenvalue weighted by molar-refractivity contribution is -0.0111. The number of rotatable bonds is 12. The van der Waals surface area contributed by atoms with Crippen molar-refractivity contribution >= 4 is 17.8 Å². The molecular weight excluding hydrogens is 559 g/mol. The van der Waals surface area contributed by atoms with Gasteiger partial charge in [-0.2, -0.15) is 0 Å². The topological polar surface area (TPSA) is 46.5 Å². The maximum atomic E-state index is 15.7. The molecule has 44 heavy (non-hydrogen) atoms. The van der Waals surface area contributed by atoms with Crippen molar-refractivity contribution in [3.63, 3.8) is 0 Å². The minimum atomic E-state index is -3.38. The smallest absolute Gasteiger partial charge is 0.149 e. The molecule has 0 bridgehead atoms. The van der Waals surface area contributed by atoms with Crippen LogP contribution in [-0.2, 0) is 14.9 Å². The summed E-state index contributed by atoms with van der Waals surface area (Å²) >= 11 is 0. The third-order valence-corrected chi connectivity index (χ3v) is 12.4. The molecule has 0 spiro atoms. The molecule has 5 aromatic carbocycles. The lowest BCUT2D eigenvalue weighted by Crippen LogP contribution is -2.43. The summed E-state index contributed by atoms with van der Waals surface area (Å²) < 4.78 is 22.9. The standard InChI is InChI=1S/C40H41O3P/c1-4-31(2)38(41)39(44(42,36-26-16-8-17-27-36)37-28-18-9-19-29-37)32(3)30-43-40(33-20-10-5-11-21-33,34-22-12-6-13-23-34)35-24-14-7-15-25-35/h4-29,32,38-39,41H,30H2,1-3H3/b31-4+. The zero-order valence-corrected chi connectivity index (χ0v) is 26.6. The van der Waals surface area contributed by atoms with Gasteiger partial charge in [0.1, 0.15) is 12.7 Å². The van der Waals surface area contributed by atoms with E-state index >= 15 is 4.57 Å². The number of allylic oxidation sites excluding steroid dienone is 1. The van der Waals surface area contributed by atoms with Crippen molar-refractivity contribution in [1.82, 2.24) is 0 Å². The van der Waals surface area contributed by atoms with Crippen molar-refractivity contribution in [2.45, 2.75) is 38.1 Å². The molecule has 0 amide bonds. The molecule has 3 atom stereocenters. The largest absolute Gasteiger partial charge is 0.388 e. The predicted octanol–water partition coefficient (Wildman–Crippen LogP) is 8.34. The average molecular weight is 601 g/mol. The first-order valence-electron chi connectivity index (χ1n) is 15.2. The van der Waals surface area contributed by atoms with Crippen LogP contribution in [0.25, 0.3) is 0 Å². The molecule has 0 aromatic heterocycles. The van der Waals surface area contributed by atoms with Crippen molar-refractivity contribution in [1.29, 1.82) is 0 Å². The fourth-order valence-electron chi connectivity index (χ4n) is 6.22. The molecule has 4 heteroatoms. The average Bonchev–Trinajstić information content (AvgIpc) is 3.10. The number of aliphatic hydroxyl groups excluding tert-OH is 1. The second kappa shape index (κ2) is 14.2. The monoisotopic (exact) mass is 600 g/mol. The van der Waals surface area contributed by atoms with Gasteiger partial charge in [0.2, 0.25) is 0 Å². The molecule has 0 saturated heterocycles. The summed E-state index contributed by atoms with van der Waals surface area (Å²) in [6, 6.07) is 50.0. The summed E-state index contributed by atoms with van der Waals surface area (Å²) in [5.41, 5.74) is 2.23. The normalized spacial score (nSPS) is 14.5.